The van der Waals surface area contributed by atoms with Gasteiger partial charge in [-0.3, -0.25) is 19.4 Å². The van der Waals surface area contributed by atoms with E-state index in [-0.39, 0.29) is 57.5 Å². The van der Waals surface area contributed by atoms with Crippen molar-refractivity contribution in [3.05, 3.63) is 151 Å². The third-order valence-electron chi connectivity index (χ3n) is 9.05. The molecule has 24 heteroatoms. The number of aromatic nitrogens is 8. The summed E-state index contributed by atoms with van der Waals surface area (Å²) in [6, 6.07) is 26.9. The normalized spacial score (nSPS) is 11.0. The SMILES string of the molecule is COc1ccccc1Oc1c(Cl)nc(-c2ccncc2)nc1NS(=O)(=O)Nc1ccc(C)cn1.COc1ccccc1Oc1c(NS(=O)(=O)Nc2ccc(C)cn2)nc(-c2ccncc2)nc1OC. The highest BCUT2D eigenvalue weighted by atomic mass is 35.5. The second-order valence-corrected chi connectivity index (χ2v) is 17.3. The summed E-state index contributed by atoms with van der Waals surface area (Å²) in [4.78, 5) is 33.5. The van der Waals surface area contributed by atoms with Gasteiger partial charge in [0.05, 0.1) is 21.3 Å². The molecular formula is C45H41ClN12O9S2. The van der Waals surface area contributed by atoms with E-state index in [1.807, 2.05) is 13.8 Å². The Kier molecular flexibility index (Phi) is 15.4. The molecule has 2 aromatic carbocycles. The molecular weight excluding hydrogens is 952 g/mol. The molecule has 0 fully saturated rings. The molecule has 6 aromatic heterocycles. The number of halogens is 1. The molecule has 0 aliphatic heterocycles. The summed E-state index contributed by atoms with van der Waals surface area (Å²) in [7, 11) is -4.01. The first-order valence-corrected chi connectivity index (χ1v) is 23.5. The van der Waals surface area contributed by atoms with Gasteiger partial charge in [-0.15, -0.1) is 0 Å². The summed E-state index contributed by atoms with van der Waals surface area (Å²) >= 11 is 6.44. The van der Waals surface area contributed by atoms with Gasteiger partial charge in [-0.25, -0.2) is 34.4 Å². The minimum atomic E-state index is -4.19. The molecule has 0 atom stereocenters. The van der Waals surface area contributed by atoms with Crippen LogP contribution >= 0.6 is 11.6 Å². The molecule has 0 aliphatic rings. The first kappa shape index (κ1) is 48.5. The van der Waals surface area contributed by atoms with Gasteiger partial charge in [-0.2, -0.15) is 21.8 Å². The fourth-order valence-corrected chi connectivity index (χ4v) is 7.72. The Morgan fingerprint density at radius 3 is 1.32 bits per heavy atom. The lowest BCUT2D eigenvalue weighted by Crippen LogP contribution is -2.23. The van der Waals surface area contributed by atoms with Crippen molar-refractivity contribution in [1.82, 2.24) is 39.9 Å². The number of para-hydroxylation sites is 4. The number of nitrogens with zero attached hydrogens (tertiary/aromatic N) is 8. The van der Waals surface area contributed by atoms with Crippen molar-refractivity contribution < 1.29 is 40.5 Å². The molecule has 0 aliphatic carbocycles. The molecule has 0 saturated carbocycles. The Morgan fingerprint density at radius 1 is 0.478 bits per heavy atom. The molecule has 21 nitrogen and oxygen atoms in total. The van der Waals surface area contributed by atoms with Gasteiger partial charge in [0, 0.05) is 48.3 Å². The first-order chi connectivity index (χ1) is 33.2. The molecule has 69 heavy (non-hydrogen) atoms. The van der Waals surface area contributed by atoms with Crippen LogP contribution in [-0.2, 0) is 20.4 Å². The van der Waals surface area contributed by atoms with Crippen LogP contribution in [0.15, 0.2) is 134 Å². The van der Waals surface area contributed by atoms with Gasteiger partial charge in [0.1, 0.15) is 11.6 Å². The highest BCUT2D eigenvalue weighted by Gasteiger charge is 2.25. The number of methoxy groups -OCH3 is 3. The highest BCUT2D eigenvalue weighted by Crippen LogP contribution is 2.42. The lowest BCUT2D eigenvalue weighted by atomic mass is 10.2. The molecule has 0 unspecified atom stereocenters. The van der Waals surface area contributed by atoms with Crippen LogP contribution in [0.3, 0.4) is 0 Å². The lowest BCUT2D eigenvalue weighted by Gasteiger charge is -2.17. The number of hydrogen-bond donors (Lipinski definition) is 4. The van der Waals surface area contributed by atoms with Crippen molar-refractivity contribution in [2.75, 3.05) is 40.2 Å². The van der Waals surface area contributed by atoms with Gasteiger partial charge >= 0.3 is 20.4 Å². The summed E-state index contributed by atoms with van der Waals surface area (Å²) < 4.78 is 89.2. The largest absolute Gasteiger partial charge is 0.493 e. The zero-order valence-corrected chi connectivity index (χ0v) is 39.5. The van der Waals surface area contributed by atoms with E-state index in [0.717, 1.165) is 11.1 Å². The van der Waals surface area contributed by atoms with Crippen molar-refractivity contribution in [2.45, 2.75) is 13.8 Å². The fraction of sp³-hybridized carbons (Fsp3) is 0.111. The monoisotopic (exact) mass is 992 g/mol. The number of ether oxygens (including phenoxy) is 5. The molecule has 0 saturated heterocycles. The Balaban J connectivity index is 0.000000204. The van der Waals surface area contributed by atoms with E-state index in [1.54, 1.807) is 122 Å². The van der Waals surface area contributed by atoms with Crippen LogP contribution in [0.1, 0.15) is 11.1 Å². The number of anilines is 4. The minimum absolute atomic E-state index is 0.00359. The second kappa shape index (κ2) is 21.9. The smallest absolute Gasteiger partial charge is 0.323 e. The molecule has 8 aromatic rings. The van der Waals surface area contributed by atoms with E-state index in [4.69, 9.17) is 35.3 Å². The van der Waals surface area contributed by atoms with Crippen molar-refractivity contribution >= 4 is 55.3 Å². The van der Waals surface area contributed by atoms with E-state index >= 15 is 0 Å². The summed E-state index contributed by atoms with van der Waals surface area (Å²) in [5, 5.41) is -0.112. The highest BCUT2D eigenvalue weighted by molar-refractivity contribution is 7.94. The van der Waals surface area contributed by atoms with Crippen molar-refractivity contribution in [3.8, 4) is 63.2 Å². The maximum Gasteiger partial charge on any atom is 0.323 e. The average Bonchev–Trinajstić information content (AvgIpc) is 3.35. The van der Waals surface area contributed by atoms with Crippen LogP contribution in [0.2, 0.25) is 5.15 Å². The molecule has 0 amide bonds. The Hall–Kier alpha value is -8.41. The van der Waals surface area contributed by atoms with Crippen LogP contribution in [0, 0.1) is 13.8 Å². The third kappa shape index (κ3) is 12.9. The number of aryl methyl sites for hydroxylation is 2. The van der Waals surface area contributed by atoms with Gasteiger partial charge in [-0.05, 0) is 85.6 Å². The van der Waals surface area contributed by atoms with E-state index in [0.29, 0.717) is 34.1 Å². The summed E-state index contributed by atoms with van der Waals surface area (Å²) in [6.45, 7) is 3.69. The second-order valence-electron chi connectivity index (χ2n) is 14.1. The number of rotatable bonds is 17. The van der Waals surface area contributed by atoms with Gasteiger partial charge in [0.2, 0.25) is 11.5 Å². The average molecular weight is 993 g/mol. The molecule has 6 heterocycles. The van der Waals surface area contributed by atoms with E-state index in [1.165, 1.54) is 33.6 Å². The molecule has 0 spiro atoms. The Labute approximate surface area is 401 Å². The maximum atomic E-state index is 13.0. The Bertz CT molecular complexity index is 3260. The fourth-order valence-electron chi connectivity index (χ4n) is 5.84. The topological polar surface area (TPSA) is 266 Å². The summed E-state index contributed by atoms with van der Waals surface area (Å²) in [5.74, 6) is 1.55. The van der Waals surface area contributed by atoms with Crippen LogP contribution in [0.5, 0.6) is 40.4 Å². The van der Waals surface area contributed by atoms with E-state index < -0.39 is 20.4 Å². The molecule has 0 radical (unpaired) electrons. The standard InChI is InChI=1S/C23H22N6O5S.C22H19ClN6O4S/c1-15-8-9-19(25-14-15)28-35(30,31)29-22-20(34-18-7-5-4-6-17(18)32-2)23(33-3)27-21(26-22)16-10-12-24-13-11-16;1-14-7-8-18(25-13-14)28-34(30,31)29-22-19(33-17-6-4-3-5-16(17)32-2)20(23)26-21(27-22)15-9-11-24-12-10-15/h4-14H,1-3H3,(H,25,28)(H,26,27,29);3-13H,1-2H3,(H,25,28)(H,26,27,29). The molecule has 354 valence electrons. The van der Waals surface area contributed by atoms with Crippen LogP contribution < -0.4 is 42.6 Å². The maximum absolute atomic E-state index is 13.0. The van der Waals surface area contributed by atoms with Gasteiger partial charge < -0.3 is 23.7 Å². The predicted octanol–water partition coefficient (Wildman–Crippen LogP) is 8.29. The number of benzene rings is 2. The summed E-state index contributed by atoms with van der Waals surface area (Å²) in [6.07, 6.45) is 9.33. The van der Waals surface area contributed by atoms with Crippen molar-refractivity contribution in [1.29, 1.82) is 0 Å². The van der Waals surface area contributed by atoms with Crippen LogP contribution in [-0.4, -0.2) is 78.0 Å². The van der Waals surface area contributed by atoms with Gasteiger partial charge in [0.25, 0.3) is 5.88 Å². The number of pyridine rings is 4. The van der Waals surface area contributed by atoms with Crippen LogP contribution in [0.4, 0.5) is 23.3 Å². The number of hydrogen-bond acceptors (Lipinski definition) is 17. The molecule has 4 N–H and O–H groups in total. The van der Waals surface area contributed by atoms with E-state index in [9.17, 15) is 16.8 Å². The predicted molar refractivity (Wildman–Crippen MR) is 259 cm³/mol. The Morgan fingerprint density at radius 2 is 0.899 bits per heavy atom. The molecule has 8 rings (SSSR count). The van der Waals surface area contributed by atoms with Crippen molar-refractivity contribution in [3.63, 3.8) is 0 Å². The van der Waals surface area contributed by atoms with Crippen molar-refractivity contribution in [2.24, 2.45) is 0 Å². The number of nitrogens with one attached hydrogen (secondary N) is 4. The molecule has 0 bridgehead atoms. The zero-order chi connectivity index (χ0) is 49.0. The quantitative estimate of drug-likeness (QED) is 0.0625. The lowest BCUT2D eigenvalue weighted by molar-refractivity contribution is 0.348. The van der Waals surface area contributed by atoms with Crippen LogP contribution in [0.25, 0.3) is 22.8 Å². The van der Waals surface area contributed by atoms with E-state index in [2.05, 4.69) is 58.8 Å². The summed E-state index contributed by atoms with van der Waals surface area (Å²) in [5.41, 5.74) is 2.94. The van der Waals surface area contributed by atoms with Gasteiger partial charge in [-0.1, -0.05) is 48.0 Å². The first-order valence-electron chi connectivity index (χ1n) is 20.2. The van der Waals surface area contributed by atoms with Gasteiger partial charge in [0.15, 0.2) is 51.4 Å². The third-order valence-corrected chi connectivity index (χ3v) is 11.2. The zero-order valence-electron chi connectivity index (χ0n) is 37.1. The minimum Gasteiger partial charge on any atom is -0.493 e.